The van der Waals surface area contributed by atoms with Gasteiger partial charge in [0, 0.05) is 18.2 Å². The summed E-state index contributed by atoms with van der Waals surface area (Å²) in [6.07, 6.45) is 6.48. The largest absolute Gasteiger partial charge is 0.380 e. The summed E-state index contributed by atoms with van der Waals surface area (Å²) in [7, 11) is 1.82. The van der Waals surface area contributed by atoms with Gasteiger partial charge >= 0.3 is 0 Å². The lowest BCUT2D eigenvalue weighted by Crippen LogP contribution is -2.43. The van der Waals surface area contributed by atoms with Crippen LogP contribution in [0.1, 0.15) is 31.2 Å². The van der Waals surface area contributed by atoms with Crippen molar-refractivity contribution < 1.29 is 4.74 Å². The minimum Gasteiger partial charge on any atom is -0.380 e. The number of halogens is 1. The molecular weight excluding hydrogens is 246 g/mol. The molecule has 2 nitrogen and oxygen atoms in total. The van der Waals surface area contributed by atoms with Crippen LogP contribution in [0.15, 0.2) is 24.3 Å². The van der Waals surface area contributed by atoms with Crippen LogP contribution in [0, 0.1) is 0 Å². The molecule has 0 bridgehead atoms. The first-order chi connectivity index (χ1) is 8.79. The minimum absolute atomic E-state index is 0.393. The third-order valence-electron chi connectivity index (χ3n) is 3.74. The maximum atomic E-state index is 5.87. The first-order valence-electron chi connectivity index (χ1n) is 6.80. The van der Waals surface area contributed by atoms with E-state index in [-0.39, 0.29) is 0 Å². The molecule has 18 heavy (non-hydrogen) atoms. The average molecular weight is 268 g/mol. The summed E-state index contributed by atoms with van der Waals surface area (Å²) in [5.41, 5.74) is 1.33. The van der Waals surface area contributed by atoms with E-state index in [1.807, 2.05) is 19.2 Å². The molecular formula is C15H22ClNO. The Labute approximate surface area is 115 Å². The molecule has 100 valence electrons. The molecule has 0 spiro atoms. The second-order valence-corrected chi connectivity index (χ2v) is 5.43. The number of nitrogens with one attached hydrogen (secondary N) is 1. The molecule has 1 aromatic rings. The predicted octanol–water partition coefficient (Wildman–Crippen LogP) is 3.43. The molecule has 0 radical (unpaired) electrons. The van der Waals surface area contributed by atoms with Crippen LogP contribution in [0.2, 0.25) is 5.02 Å². The van der Waals surface area contributed by atoms with Crippen molar-refractivity contribution in [3.63, 3.8) is 0 Å². The van der Waals surface area contributed by atoms with Crippen LogP contribution in [-0.2, 0) is 11.2 Å². The van der Waals surface area contributed by atoms with Crippen LogP contribution in [0.5, 0.6) is 0 Å². The highest BCUT2D eigenvalue weighted by atomic mass is 35.5. The average Bonchev–Trinajstić information content (AvgIpc) is 2.41. The topological polar surface area (TPSA) is 21.3 Å². The summed E-state index contributed by atoms with van der Waals surface area (Å²) in [5, 5.41) is 4.43. The van der Waals surface area contributed by atoms with Gasteiger partial charge in [-0.1, -0.05) is 36.6 Å². The third kappa shape index (κ3) is 3.98. The van der Waals surface area contributed by atoms with Gasteiger partial charge in [0.25, 0.3) is 0 Å². The van der Waals surface area contributed by atoms with Crippen LogP contribution in [-0.4, -0.2) is 25.8 Å². The van der Waals surface area contributed by atoms with Gasteiger partial charge in [0.1, 0.15) is 0 Å². The zero-order valence-corrected chi connectivity index (χ0v) is 11.7. The van der Waals surface area contributed by atoms with Gasteiger partial charge in [-0.25, -0.2) is 0 Å². The SMILES string of the molecule is COC1CCCCC1NCCc1ccc(Cl)cc1. The molecule has 2 rings (SSSR count). The van der Waals surface area contributed by atoms with E-state index in [1.165, 1.54) is 31.2 Å². The fraction of sp³-hybridized carbons (Fsp3) is 0.600. The van der Waals surface area contributed by atoms with Gasteiger partial charge in [-0.3, -0.25) is 0 Å². The predicted molar refractivity (Wildman–Crippen MR) is 76.2 cm³/mol. The van der Waals surface area contributed by atoms with Crippen molar-refractivity contribution in [1.29, 1.82) is 0 Å². The Hall–Kier alpha value is -0.570. The second-order valence-electron chi connectivity index (χ2n) is 5.00. The highest BCUT2D eigenvalue weighted by Crippen LogP contribution is 2.20. The van der Waals surface area contributed by atoms with E-state index in [4.69, 9.17) is 16.3 Å². The zero-order valence-electron chi connectivity index (χ0n) is 11.0. The Kier molecular flexibility index (Phi) is 5.48. The quantitative estimate of drug-likeness (QED) is 0.883. The number of ether oxygens (including phenoxy) is 1. The number of methoxy groups -OCH3 is 1. The first-order valence-corrected chi connectivity index (χ1v) is 7.18. The number of hydrogen-bond donors (Lipinski definition) is 1. The van der Waals surface area contributed by atoms with Crippen LogP contribution >= 0.6 is 11.6 Å². The second kappa shape index (κ2) is 7.13. The third-order valence-corrected chi connectivity index (χ3v) is 3.99. The standard InChI is InChI=1S/C15H22ClNO/c1-18-15-5-3-2-4-14(15)17-11-10-12-6-8-13(16)9-7-12/h6-9,14-15,17H,2-5,10-11H2,1H3. The summed E-state index contributed by atoms with van der Waals surface area (Å²) in [4.78, 5) is 0. The molecule has 0 aliphatic heterocycles. The van der Waals surface area contributed by atoms with Crippen molar-refractivity contribution in [2.75, 3.05) is 13.7 Å². The molecule has 0 heterocycles. The lowest BCUT2D eigenvalue weighted by atomic mass is 9.92. The van der Waals surface area contributed by atoms with Crippen molar-refractivity contribution >= 4 is 11.6 Å². The molecule has 0 amide bonds. The fourth-order valence-corrected chi connectivity index (χ4v) is 2.79. The fourth-order valence-electron chi connectivity index (χ4n) is 2.67. The summed E-state index contributed by atoms with van der Waals surface area (Å²) >= 11 is 5.87. The Balaban J connectivity index is 1.75. The molecule has 1 aliphatic rings. The molecule has 0 saturated heterocycles. The van der Waals surface area contributed by atoms with Gasteiger partial charge in [-0.2, -0.15) is 0 Å². The number of benzene rings is 1. The minimum atomic E-state index is 0.393. The molecule has 1 fully saturated rings. The molecule has 0 aromatic heterocycles. The van der Waals surface area contributed by atoms with Crippen LogP contribution in [0.25, 0.3) is 0 Å². The van der Waals surface area contributed by atoms with Crippen molar-refractivity contribution in [2.45, 2.75) is 44.2 Å². The van der Waals surface area contributed by atoms with E-state index in [1.54, 1.807) is 0 Å². The summed E-state index contributed by atoms with van der Waals surface area (Å²) in [6.45, 7) is 1.01. The normalized spacial score (nSPS) is 24.1. The summed E-state index contributed by atoms with van der Waals surface area (Å²) < 4.78 is 5.54. The van der Waals surface area contributed by atoms with E-state index in [0.29, 0.717) is 12.1 Å². The Bertz CT molecular complexity index is 352. The van der Waals surface area contributed by atoms with Gasteiger partial charge in [-0.05, 0) is 43.5 Å². The van der Waals surface area contributed by atoms with Crippen LogP contribution in [0.3, 0.4) is 0 Å². The zero-order chi connectivity index (χ0) is 12.8. The number of hydrogen-bond acceptors (Lipinski definition) is 2. The molecule has 1 aliphatic carbocycles. The van der Waals surface area contributed by atoms with Crippen molar-refractivity contribution in [1.82, 2.24) is 5.32 Å². The molecule has 1 saturated carbocycles. The first kappa shape index (κ1) is 13.9. The maximum absolute atomic E-state index is 5.87. The van der Waals surface area contributed by atoms with Gasteiger partial charge in [0.05, 0.1) is 6.10 Å². The number of rotatable bonds is 5. The Morgan fingerprint density at radius 3 is 2.67 bits per heavy atom. The highest BCUT2D eigenvalue weighted by molar-refractivity contribution is 6.30. The van der Waals surface area contributed by atoms with Gasteiger partial charge in [-0.15, -0.1) is 0 Å². The van der Waals surface area contributed by atoms with Crippen molar-refractivity contribution in [2.24, 2.45) is 0 Å². The van der Waals surface area contributed by atoms with Crippen LogP contribution < -0.4 is 5.32 Å². The summed E-state index contributed by atoms with van der Waals surface area (Å²) in [6, 6.07) is 8.62. The molecule has 1 N–H and O–H groups in total. The monoisotopic (exact) mass is 267 g/mol. The molecule has 3 heteroatoms. The highest BCUT2D eigenvalue weighted by Gasteiger charge is 2.23. The lowest BCUT2D eigenvalue weighted by molar-refractivity contribution is 0.0421. The van der Waals surface area contributed by atoms with E-state index >= 15 is 0 Å². The Morgan fingerprint density at radius 2 is 1.94 bits per heavy atom. The van der Waals surface area contributed by atoms with E-state index < -0.39 is 0 Å². The van der Waals surface area contributed by atoms with Crippen molar-refractivity contribution in [3.8, 4) is 0 Å². The van der Waals surface area contributed by atoms with Gasteiger partial charge in [0.2, 0.25) is 0 Å². The Morgan fingerprint density at radius 1 is 1.22 bits per heavy atom. The van der Waals surface area contributed by atoms with E-state index in [9.17, 15) is 0 Å². The maximum Gasteiger partial charge on any atom is 0.0724 e. The summed E-state index contributed by atoms with van der Waals surface area (Å²) in [5.74, 6) is 0. The van der Waals surface area contributed by atoms with E-state index in [0.717, 1.165) is 18.0 Å². The van der Waals surface area contributed by atoms with E-state index in [2.05, 4.69) is 17.4 Å². The van der Waals surface area contributed by atoms with Crippen LogP contribution in [0.4, 0.5) is 0 Å². The molecule has 2 atom stereocenters. The molecule has 2 unspecified atom stereocenters. The van der Waals surface area contributed by atoms with Gasteiger partial charge in [0.15, 0.2) is 0 Å². The molecule has 1 aromatic carbocycles. The smallest absolute Gasteiger partial charge is 0.0724 e. The van der Waals surface area contributed by atoms with Gasteiger partial charge < -0.3 is 10.1 Å². The van der Waals surface area contributed by atoms with Crippen molar-refractivity contribution in [3.05, 3.63) is 34.9 Å². The lowest BCUT2D eigenvalue weighted by Gasteiger charge is -2.31.